The van der Waals surface area contributed by atoms with E-state index in [0.29, 0.717) is 12.1 Å². The highest BCUT2D eigenvalue weighted by molar-refractivity contribution is 5.94. The van der Waals surface area contributed by atoms with E-state index in [9.17, 15) is 9.90 Å². The number of rotatable bonds is 5. The second-order valence-corrected chi connectivity index (χ2v) is 4.82. The molecule has 0 fully saturated rings. The normalized spacial score (nSPS) is 11.9. The molecule has 1 atom stereocenters. The van der Waals surface area contributed by atoms with Crippen LogP contribution in [-0.2, 0) is 17.8 Å². The van der Waals surface area contributed by atoms with Crippen LogP contribution in [0.4, 0.5) is 5.69 Å². The first-order valence-corrected chi connectivity index (χ1v) is 6.62. The Labute approximate surface area is 123 Å². The van der Waals surface area contributed by atoms with Gasteiger partial charge in [0.25, 0.3) is 0 Å². The second kappa shape index (κ2) is 6.88. The number of amides is 1. The standard InChI is InChI=1S/C16H18N2O3/c17-15(9-11-4-6-14(20)7-5-11)16(21)18-13-3-1-2-12(8-13)10-19/h1-8,15,19-20H,9-10,17H2,(H,18,21). The number of anilines is 1. The molecule has 1 unspecified atom stereocenters. The van der Waals surface area contributed by atoms with Crippen molar-refractivity contribution < 1.29 is 15.0 Å². The molecule has 110 valence electrons. The maximum Gasteiger partial charge on any atom is 0.241 e. The summed E-state index contributed by atoms with van der Waals surface area (Å²) in [5.41, 5.74) is 8.08. The van der Waals surface area contributed by atoms with Crippen LogP contribution in [-0.4, -0.2) is 22.2 Å². The third kappa shape index (κ3) is 4.30. The predicted octanol–water partition coefficient (Wildman–Crippen LogP) is 1.39. The van der Waals surface area contributed by atoms with Crippen molar-refractivity contribution in [2.24, 2.45) is 5.73 Å². The van der Waals surface area contributed by atoms with E-state index in [1.807, 2.05) is 0 Å². The molecule has 0 bridgehead atoms. The number of hydrogen-bond donors (Lipinski definition) is 4. The molecule has 0 aromatic heterocycles. The molecule has 0 aliphatic heterocycles. The van der Waals surface area contributed by atoms with Gasteiger partial charge in [0.2, 0.25) is 5.91 Å². The molecule has 5 heteroatoms. The number of phenolic OH excluding ortho intramolecular Hbond substituents is 1. The number of benzene rings is 2. The third-order valence-corrected chi connectivity index (χ3v) is 3.11. The SMILES string of the molecule is NC(Cc1ccc(O)cc1)C(=O)Nc1cccc(CO)c1. The molecular formula is C16H18N2O3. The van der Waals surface area contributed by atoms with Gasteiger partial charge in [-0.05, 0) is 41.8 Å². The van der Waals surface area contributed by atoms with Crippen LogP contribution >= 0.6 is 0 Å². The van der Waals surface area contributed by atoms with Gasteiger partial charge in [-0.2, -0.15) is 0 Å². The first-order chi connectivity index (χ1) is 10.1. The van der Waals surface area contributed by atoms with Crippen LogP contribution in [0.5, 0.6) is 5.75 Å². The highest BCUT2D eigenvalue weighted by Gasteiger charge is 2.14. The molecule has 5 nitrogen and oxygen atoms in total. The lowest BCUT2D eigenvalue weighted by Crippen LogP contribution is -2.37. The summed E-state index contributed by atoms with van der Waals surface area (Å²) in [6.07, 6.45) is 0.381. The van der Waals surface area contributed by atoms with Crippen molar-refractivity contribution in [1.82, 2.24) is 0 Å². The van der Waals surface area contributed by atoms with Crippen molar-refractivity contribution >= 4 is 11.6 Å². The lowest BCUT2D eigenvalue weighted by molar-refractivity contribution is -0.117. The van der Waals surface area contributed by atoms with E-state index < -0.39 is 6.04 Å². The quantitative estimate of drug-likeness (QED) is 0.668. The zero-order valence-corrected chi connectivity index (χ0v) is 11.5. The molecule has 0 heterocycles. The first kappa shape index (κ1) is 15.0. The van der Waals surface area contributed by atoms with Crippen molar-refractivity contribution in [2.45, 2.75) is 19.1 Å². The minimum Gasteiger partial charge on any atom is -0.508 e. The van der Waals surface area contributed by atoms with E-state index in [4.69, 9.17) is 10.8 Å². The van der Waals surface area contributed by atoms with E-state index in [-0.39, 0.29) is 18.3 Å². The molecule has 0 radical (unpaired) electrons. The fraction of sp³-hybridized carbons (Fsp3) is 0.188. The number of carbonyl (C=O) groups is 1. The van der Waals surface area contributed by atoms with Crippen LogP contribution in [0.1, 0.15) is 11.1 Å². The number of aliphatic hydroxyl groups excluding tert-OH is 1. The van der Waals surface area contributed by atoms with E-state index in [1.54, 1.807) is 48.5 Å². The Morgan fingerprint density at radius 1 is 1.14 bits per heavy atom. The molecule has 1 amide bonds. The Hall–Kier alpha value is -2.37. The molecule has 5 N–H and O–H groups in total. The van der Waals surface area contributed by atoms with Gasteiger partial charge in [0, 0.05) is 5.69 Å². The van der Waals surface area contributed by atoms with Crippen molar-refractivity contribution in [1.29, 1.82) is 0 Å². The van der Waals surface area contributed by atoms with Crippen LogP contribution in [0, 0.1) is 0 Å². The molecule has 0 spiro atoms. The Morgan fingerprint density at radius 3 is 2.52 bits per heavy atom. The number of aromatic hydroxyl groups is 1. The van der Waals surface area contributed by atoms with Gasteiger partial charge >= 0.3 is 0 Å². The zero-order chi connectivity index (χ0) is 15.2. The average Bonchev–Trinajstić information content (AvgIpc) is 2.49. The lowest BCUT2D eigenvalue weighted by Gasteiger charge is -2.13. The van der Waals surface area contributed by atoms with Crippen LogP contribution in [0.25, 0.3) is 0 Å². The van der Waals surface area contributed by atoms with Gasteiger partial charge in [-0.3, -0.25) is 4.79 Å². The Kier molecular flexibility index (Phi) is 4.92. The molecule has 0 aliphatic carbocycles. The summed E-state index contributed by atoms with van der Waals surface area (Å²) in [4.78, 5) is 12.0. The van der Waals surface area contributed by atoms with Crippen LogP contribution in [0.15, 0.2) is 48.5 Å². The Balaban J connectivity index is 1.97. The molecule has 2 aromatic carbocycles. The summed E-state index contributed by atoms with van der Waals surface area (Å²) < 4.78 is 0. The molecule has 2 aromatic rings. The lowest BCUT2D eigenvalue weighted by atomic mass is 10.1. The van der Waals surface area contributed by atoms with E-state index >= 15 is 0 Å². The van der Waals surface area contributed by atoms with Crippen molar-refractivity contribution in [2.75, 3.05) is 5.32 Å². The third-order valence-electron chi connectivity index (χ3n) is 3.11. The Morgan fingerprint density at radius 2 is 1.86 bits per heavy atom. The average molecular weight is 286 g/mol. The second-order valence-electron chi connectivity index (χ2n) is 4.82. The Bertz CT molecular complexity index is 611. The molecule has 0 saturated heterocycles. The largest absolute Gasteiger partial charge is 0.508 e. The molecule has 2 rings (SSSR count). The van der Waals surface area contributed by atoms with Crippen molar-refractivity contribution in [3.05, 3.63) is 59.7 Å². The summed E-state index contributed by atoms with van der Waals surface area (Å²) in [5, 5.41) is 21.0. The number of carbonyl (C=O) groups excluding carboxylic acids is 1. The predicted molar refractivity (Wildman–Crippen MR) is 80.8 cm³/mol. The molecular weight excluding hydrogens is 268 g/mol. The van der Waals surface area contributed by atoms with Crippen LogP contribution < -0.4 is 11.1 Å². The van der Waals surface area contributed by atoms with E-state index in [1.165, 1.54) is 0 Å². The van der Waals surface area contributed by atoms with E-state index in [2.05, 4.69) is 5.32 Å². The maximum atomic E-state index is 12.0. The smallest absolute Gasteiger partial charge is 0.241 e. The topological polar surface area (TPSA) is 95.6 Å². The first-order valence-electron chi connectivity index (χ1n) is 6.62. The van der Waals surface area contributed by atoms with Gasteiger partial charge in [-0.15, -0.1) is 0 Å². The number of aliphatic hydroxyl groups is 1. The minimum absolute atomic E-state index is 0.0801. The fourth-order valence-electron chi connectivity index (χ4n) is 1.96. The van der Waals surface area contributed by atoms with Crippen LogP contribution in [0.2, 0.25) is 0 Å². The number of nitrogens with two attached hydrogens (primary N) is 1. The van der Waals surface area contributed by atoms with Gasteiger partial charge < -0.3 is 21.3 Å². The summed E-state index contributed by atoms with van der Waals surface area (Å²) >= 11 is 0. The highest BCUT2D eigenvalue weighted by atomic mass is 16.3. The van der Waals surface area contributed by atoms with E-state index in [0.717, 1.165) is 11.1 Å². The summed E-state index contributed by atoms with van der Waals surface area (Å²) in [6, 6.07) is 12.9. The maximum absolute atomic E-state index is 12.0. The van der Waals surface area contributed by atoms with Crippen molar-refractivity contribution in [3.63, 3.8) is 0 Å². The number of phenols is 1. The number of nitrogens with one attached hydrogen (secondary N) is 1. The van der Waals surface area contributed by atoms with Gasteiger partial charge in [-0.25, -0.2) is 0 Å². The van der Waals surface area contributed by atoms with Gasteiger partial charge in [-0.1, -0.05) is 24.3 Å². The summed E-state index contributed by atoms with van der Waals surface area (Å²) in [7, 11) is 0. The minimum atomic E-state index is -0.688. The van der Waals surface area contributed by atoms with Gasteiger partial charge in [0.15, 0.2) is 0 Å². The highest BCUT2D eigenvalue weighted by Crippen LogP contribution is 2.13. The van der Waals surface area contributed by atoms with Gasteiger partial charge in [0.1, 0.15) is 5.75 Å². The molecule has 21 heavy (non-hydrogen) atoms. The monoisotopic (exact) mass is 286 g/mol. The fourth-order valence-corrected chi connectivity index (χ4v) is 1.96. The zero-order valence-electron chi connectivity index (χ0n) is 11.5. The molecule has 0 saturated carbocycles. The van der Waals surface area contributed by atoms with Crippen LogP contribution in [0.3, 0.4) is 0 Å². The summed E-state index contributed by atoms with van der Waals surface area (Å²) in [6.45, 7) is -0.0801. The number of hydrogen-bond acceptors (Lipinski definition) is 4. The molecule has 0 aliphatic rings. The van der Waals surface area contributed by atoms with Crippen molar-refractivity contribution in [3.8, 4) is 5.75 Å². The summed E-state index contributed by atoms with van der Waals surface area (Å²) in [5.74, 6) is -0.115. The van der Waals surface area contributed by atoms with Gasteiger partial charge in [0.05, 0.1) is 12.6 Å².